The van der Waals surface area contributed by atoms with Crippen molar-refractivity contribution in [1.82, 2.24) is 15.6 Å². The zero-order valence-electron chi connectivity index (χ0n) is 15.0. The first-order valence-corrected chi connectivity index (χ1v) is 8.76. The third kappa shape index (κ3) is 6.74. The molecule has 6 nitrogen and oxygen atoms in total. The second kappa shape index (κ2) is 8.87. The first kappa shape index (κ1) is 18.5. The number of aromatic nitrogens is 1. The van der Waals surface area contributed by atoms with E-state index in [1.165, 1.54) is 18.5 Å². The second-order valence-electron chi connectivity index (χ2n) is 7.27. The molecule has 1 aromatic rings. The maximum Gasteiger partial charge on any atom is 0.407 e. The van der Waals surface area contributed by atoms with Gasteiger partial charge in [0.05, 0.1) is 0 Å². The van der Waals surface area contributed by atoms with E-state index in [2.05, 4.69) is 32.7 Å². The van der Waals surface area contributed by atoms with Crippen LogP contribution in [0.2, 0.25) is 0 Å². The molecule has 0 bridgehead atoms. The van der Waals surface area contributed by atoms with Crippen LogP contribution in [0.4, 0.5) is 10.5 Å². The third-order valence-corrected chi connectivity index (χ3v) is 4.05. The van der Waals surface area contributed by atoms with Crippen LogP contribution in [0.15, 0.2) is 24.5 Å². The van der Waals surface area contributed by atoms with Crippen LogP contribution >= 0.6 is 0 Å². The van der Waals surface area contributed by atoms with Gasteiger partial charge in [-0.1, -0.05) is 0 Å². The first-order chi connectivity index (χ1) is 11.4. The van der Waals surface area contributed by atoms with E-state index in [0.717, 1.165) is 26.2 Å². The molecule has 1 fully saturated rings. The van der Waals surface area contributed by atoms with Crippen molar-refractivity contribution in [1.29, 1.82) is 0 Å². The van der Waals surface area contributed by atoms with E-state index in [1.54, 1.807) is 0 Å². The maximum absolute atomic E-state index is 11.5. The molecule has 24 heavy (non-hydrogen) atoms. The van der Waals surface area contributed by atoms with Crippen LogP contribution in [0.25, 0.3) is 0 Å². The summed E-state index contributed by atoms with van der Waals surface area (Å²) in [5, 5.41) is 6.20. The number of alkyl carbamates (subject to hydrolysis) is 1. The van der Waals surface area contributed by atoms with Crippen LogP contribution in [0, 0.1) is 5.92 Å². The highest BCUT2D eigenvalue weighted by molar-refractivity contribution is 5.67. The van der Waals surface area contributed by atoms with Crippen molar-refractivity contribution < 1.29 is 9.53 Å². The second-order valence-corrected chi connectivity index (χ2v) is 7.27. The van der Waals surface area contributed by atoms with Gasteiger partial charge in [-0.05, 0) is 58.2 Å². The van der Waals surface area contributed by atoms with Gasteiger partial charge in [-0.3, -0.25) is 4.98 Å². The molecule has 0 spiro atoms. The van der Waals surface area contributed by atoms with Crippen molar-refractivity contribution >= 4 is 11.8 Å². The summed E-state index contributed by atoms with van der Waals surface area (Å²) in [5.74, 6) is 0.699. The number of nitrogens with zero attached hydrogens (tertiary/aromatic N) is 2. The standard InChI is InChI=1S/C18H30N4O2/c1-18(2,3)24-17(23)21-11-10-20-14-15-6-12-22(13-7-15)16-4-8-19-9-5-16/h4-5,8-9,15,20H,6-7,10-14H2,1-3H3,(H,21,23). The molecule has 2 N–H and O–H groups in total. The number of ether oxygens (including phenoxy) is 1. The molecule has 134 valence electrons. The minimum absolute atomic E-state index is 0.352. The quantitative estimate of drug-likeness (QED) is 0.782. The number of hydrogen-bond donors (Lipinski definition) is 2. The van der Waals surface area contributed by atoms with Crippen molar-refractivity contribution in [2.24, 2.45) is 5.92 Å². The van der Waals surface area contributed by atoms with Gasteiger partial charge in [-0.15, -0.1) is 0 Å². The molecule has 0 unspecified atom stereocenters. The molecule has 0 atom stereocenters. The van der Waals surface area contributed by atoms with Crippen molar-refractivity contribution in [2.45, 2.75) is 39.2 Å². The smallest absolute Gasteiger partial charge is 0.407 e. The predicted molar refractivity (Wildman–Crippen MR) is 96.3 cm³/mol. The Labute approximate surface area is 145 Å². The highest BCUT2D eigenvalue weighted by atomic mass is 16.6. The number of pyridine rings is 1. The van der Waals surface area contributed by atoms with Gasteiger partial charge >= 0.3 is 6.09 Å². The van der Waals surface area contributed by atoms with Crippen molar-refractivity contribution in [2.75, 3.05) is 37.6 Å². The van der Waals surface area contributed by atoms with E-state index in [1.807, 2.05) is 33.2 Å². The van der Waals surface area contributed by atoms with Gasteiger partial charge < -0.3 is 20.3 Å². The largest absolute Gasteiger partial charge is 0.444 e. The van der Waals surface area contributed by atoms with Crippen molar-refractivity contribution in [3.63, 3.8) is 0 Å². The molecule has 1 aromatic heterocycles. The minimum Gasteiger partial charge on any atom is -0.444 e. The summed E-state index contributed by atoms with van der Waals surface area (Å²) in [7, 11) is 0. The lowest BCUT2D eigenvalue weighted by atomic mass is 9.96. The number of amides is 1. The zero-order chi connectivity index (χ0) is 17.4. The van der Waals surface area contributed by atoms with Crippen molar-refractivity contribution in [3.8, 4) is 0 Å². The molecule has 2 heterocycles. The monoisotopic (exact) mass is 334 g/mol. The number of carbonyl (C=O) groups excluding carboxylic acids is 1. The average Bonchev–Trinajstić information content (AvgIpc) is 2.54. The van der Waals surface area contributed by atoms with Gasteiger partial charge in [0.15, 0.2) is 0 Å². The van der Waals surface area contributed by atoms with E-state index in [-0.39, 0.29) is 6.09 Å². The molecular weight excluding hydrogens is 304 g/mol. The molecule has 0 saturated carbocycles. The Hall–Kier alpha value is -1.82. The first-order valence-electron chi connectivity index (χ1n) is 8.76. The lowest BCUT2D eigenvalue weighted by Crippen LogP contribution is -2.40. The summed E-state index contributed by atoms with van der Waals surface area (Å²) in [5.41, 5.74) is 0.818. The Balaban J connectivity index is 1.54. The van der Waals surface area contributed by atoms with Crippen LogP contribution in [-0.2, 0) is 4.74 Å². The number of nitrogens with one attached hydrogen (secondary N) is 2. The van der Waals surface area contributed by atoms with E-state index in [9.17, 15) is 4.79 Å². The summed E-state index contributed by atoms with van der Waals surface area (Å²) in [6.45, 7) is 10.1. The van der Waals surface area contributed by atoms with Gasteiger partial charge in [0, 0.05) is 44.3 Å². The van der Waals surface area contributed by atoms with Crippen molar-refractivity contribution in [3.05, 3.63) is 24.5 Å². The minimum atomic E-state index is -0.444. The lowest BCUT2D eigenvalue weighted by Gasteiger charge is -2.33. The maximum atomic E-state index is 11.5. The highest BCUT2D eigenvalue weighted by Crippen LogP contribution is 2.22. The fourth-order valence-electron chi connectivity index (χ4n) is 2.82. The molecule has 0 aliphatic carbocycles. The molecular formula is C18H30N4O2. The summed E-state index contributed by atoms with van der Waals surface area (Å²) in [6.07, 6.45) is 5.72. The Kier molecular flexibility index (Phi) is 6.85. The third-order valence-electron chi connectivity index (χ3n) is 4.05. The van der Waals surface area contributed by atoms with Gasteiger partial charge in [-0.25, -0.2) is 4.79 Å². The Morgan fingerprint density at radius 2 is 1.92 bits per heavy atom. The summed E-state index contributed by atoms with van der Waals surface area (Å²) in [4.78, 5) is 18.0. The number of piperidine rings is 1. The van der Waals surface area contributed by atoms with Gasteiger partial charge in [0.25, 0.3) is 0 Å². The van der Waals surface area contributed by atoms with E-state index >= 15 is 0 Å². The van der Waals surface area contributed by atoms with Crippen LogP contribution in [-0.4, -0.2) is 49.4 Å². The molecule has 0 radical (unpaired) electrons. The number of carbonyl (C=O) groups is 1. The topological polar surface area (TPSA) is 66.5 Å². The molecule has 6 heteroatoms. The Morgan fingerprint density at radius 1 is 1.25 bits per heavy atom. The molecule has 1 amide bonds. The number of anilines is 1. The van der Waals surface area contributed by atoms with Crippen LogP contribution in [0.3, 0.4) is 0 Å². The van der Waals surface area contributed by atoms with Gasteiger partial charge in [0.1, 0.15) is 5.60 Å². The van der Waals surface area contributed by atoms with E-state index < -0.39 is 5.60 Å². The molecule has 2 rings (SSSR count). The van der Waals surface area contributed by atoms with Crippen LogP contribution in [0.1, 0.15) is 33.6 Å². The SMILES string of the molecule is CC(C)(C)OC(=O)NCCNCC1CCN(c2ccncc2)CC1. The fourth-order valence-corrected chi connectivity index (χ4v) is 2.82. The van der Waals surface area contributed by atoms with Gasteiger partial charge in [0.2, 0.25) is 0 Å². The summed E-state index contributed by atoms with van der Waals surface area (Å²) in [6, 6.07) is 4.14. The van der Waals surface area contributed by atoms with E-state index in [4.69, 9.17) is 4.74 Å². The average molecular weight is 334 g/mol. The fraction of sp³-hybridized carbons (Fsp3) is 0.667. The van der Waals surface area contributed by atoms with Crippen LogP contribution < -0.4 is 15.5 Å². The molecule has 1 saturated heterocycles. The van der Waals surface area contributed by atoms with Crippen LogP contribution in [0.5, 0.6) is 0 Å². The molecule has 0 aromatic carbocycles. The summed E-state index contributed by atoms with van der Waals surface area (Å²) >= 11 is 0. The number of rotatable bonds is 6. The summed E-state index contributed by atoms with van der Waals surface area (Å²) < 4.78 is 5.20. The molecule has 1 aliphatic rings. The Bertz CT molecular complexity index is 493. The lowest BCUT2D eigenvalue weighted by molar-refractivity contribution is 0.0528. The van der Waals surface area contributed by atoms with Gasteiger partial charge in [-0.2, -0.15) is 0 Å². The Morgan fingerprint density at radius 3 is 2.54 bits per heavy atom. The predicted octanol–water partition coefficient (Wildman–Crippen LogP) is 2.41. The highest BCUT2D eigenvalue weighted by Gasteiger charge is 2.19. The normalized spacial score (nSPS) is 16.0. The number of hydrogen-bond acceptors (Lipinski definition) is 5. The zero-order valence-corrected chi connectivity index (χ0v) is 15.0. The van der Waals surface area contributed by atoms with E-state index in [0.29, 0.717) is 12.5 Å². The molecule has 1 aliphatic heterocycles.